The van der Waals surface area contributed by atoms with Crippen LogP contribution in [0, 0.1) is 0 Å². The molecule has 5 rings (SSSR count). The van der Waals surface area contributed by atoms with Crippen LogP contribution in [0.15, 0.2) is 84.0 Å². The zero-order valence-electron chi connectivity index (χ0n) is 20.0. The molecule has 0 amide bonds. The molecule has 1 aliphatic heterocycles. The Morgan fingerprint density at radius 3 is 2.54 bits per heavy atom. The molecular formula is C27H26ClN7O2. The number of ether oxygens (including phenoxy) is 2. The fourth-order valence-corrected chi connectivity index (χ4v) is 3.84. The van der Waals surface area contributed by atoms with Gasteiger partial charge in [-0.25, -0.2) is 5.43 Å². The third-order valence-corrected chi connectivity index (χ3v) is 5.90. The average Bonchev–Trinajstić information content (AvgIpc) is 2.94. The van der Waals surface area contributed by atoms with Gasteiger partial charge in [0.2, 0.25) is 17.8 Å². The van der Waals surface area contributed by atoms with E-state index >= 15 is 0 Å². The first-order valence-corrected chi connectivity index (χ1v) is 12.3. The van der Waals surface area contributed by atoms with E-state index in [1.807, 2.05) is 78.9 Å². The van der Waals surface area contributed by atoms with Crippen molar-refractivity contribution in [3.05, 3.63) is 95.0 Å². The first-order chi connectivity index (χ1) is 18.2. The number of hydrogen-bond acceptors (Lipinski definition) is 9. The number of anilines is 4. The zero-order chi connectivity index (χ0) is 25.3. The Bertz CT molecular complexity index is 1350. The minimum absolute atomic E-state index is 0.331. The van der Waals surface area contributed by atoms with Gasteiger partial charge in [-0.1, -0.05) is 60.1 Å². The van der Waals surface area contributed by atoms with Gasteiger partial charge in [0, 0.05) is 29.4 Å². The predicted molar refractivity (Wildman–Crippen MR) is 146 cm³/mol. The maximum absolute atomic E-state index is 6.23. The molecule has 2 heterocycles. The molecule has 1 fully saturated rings. The number of hydrogen-bond donors (Lipinski definition) is 2. The van der Waals surface area contributed by atoms with Crippen molar-refractivity contribution in [2.24, 2.45) is 5.10 Å². The molecule has 0 radical (unpaired) electrons. The highest BCUT2D eigenvalue weighted by molar-refractivity contribution is 6.31. The van der Waals surface area contributed by atoms with E-state index in [-0.39, 0.29) is 0 Å². The topological polar surface area (TPSA) is 96.8 Å². The monoisotopic (exact) mass is 515 g/mol. The number of aromatic nitrogens is 3. The van der Waals surface area contributed by atoms with Gasteiger partial charge >= 0.3 is 0 Å². The Labute approximate surface area is 220 Å². The van der Waals surface area contributed by atoms with E-state index in [0.717, 1.165) is 16.8 Å². The molecular weight excluding hydrogens is 490 g/mol. The van der Waals surface area contributed by atoms with Crippen LogP contribution in [0.25, 0.3) is 0 Å². The summed E-state index contributed by atoms with van der Waals surface area (Å²) in [6, 6.07) is 25.0. The van der Waals surface area contributed by atoms with Crippen molar-refractivity contribution in [2.75, 3.05) is 41.9 Å². The lowest BCUT2D eigenvalue weighted by Gasteiger charge is -2.27. The first kappa shape index (κ1) is 24.5. The summed E-state index contributed by atoms with van der Waals surface area (Å²) < 4.78 is 11.4. The number of hydrazone groups is 1. The van der Waals surface area contributed by atoms with Gasteiger partial charge in [0.1, 0.15) is 12.4 Å². The van der Waals surface area contributed by atoms with Crippen LogP contribution in [0.3, 0.4) is 0 Å². The minimum atomic E-state index is 0.331. The first-order valence-electron chi connectivity index (χ1n) is 11.9. The molecule has 10 heteroatoms. The fourth-order valence-electron chi connectivity index (χ4n) is 3.65. The molecule has 188 valence electrons. The van der Waals surface area contributed by atoms with E-state index in [9.17, 15) is 0 Å². The molecule has 37 heavy (non-hydrogen) atoms. The Hall–Kier alpha value is -4.21. The standard InChI is InChI=1S/C27H26ClN7O2/c28-24-12-5-4-8-21(24)19-37-23-11-6-7-20(17-23)18-29-34-26-31-25(30-22-9-2-1-3-10-22)32-27(33-26)35-13-15-36-16-14-35/h1-12,17-18H,13-16,19H2,(H2,30,31,32,33,34). The molecule has 1 saturated heterocycles. The SMILES string of the molecule is Clc1ccccc1COc1cccc(C=NNc2nc(Nc3ccccc3)nc(N3CCOCC3)n2)c1. The number of nitrogens with zero attached hydrogens (tertiary/aromatic N) is 5. The third kappa shape index (κ3) is 6.93. The van der Waals surface area contributed by atoms with Crippen LogP contribution in [0.1, 0.15) is 11.1 Å². The number of benzene rings is 3. The van der Waals surface area contributed by atoms with Crippen molar-refractivity contribution in [3.63, 3.8) is 0 Å². The van der Waals surface area contributed by atoms with Gasteiger partial charge in [0.25, 0.3) is 0 Å². The molecule has 0 aliphatic carbocycles. The van der Waals surface area contributed by atoms with Crippen molar-refractivity contribution >= 4 is 41.3 Å². The van der Waals surface area contributed by atoms with Crippen LogP contribution in [0.4, 0.5) is 23.5 Å². The highest BCUT2D eigenvalue weighted by atomic mass is 35.5. The van der Waals surface area contributed by atoms with Gasteiger partial charge < -0.3 is 19.7 Å². The van der Waals surface area contributed by atoms with Crippen LogP contribution in [0.5, 0.6) is 5.75 Å². The van der Waals surface area contributed by atoms with Gasteiger partial charge in [-0.15, -0.1) is 0 Å². The second-order valence-electron chi connectivity index (χ2n) is 8.20. The van der Waals surface area contributed by atoms with Gasteiger partial charge in [-0.2, -0.15) is 20.1 Å². The quantitative estimate of drug-likeness (QED) is 0.234. The number of nitrogens with one attached hydrogen (secondary N) is 2. The highest BCUT2D eigenvalue weighted by Crippen LogP contribution is 2.20. The smallest absolute Gasteiger partial charge is 0.250 e. The lowest BCUT2D eigenvalue weighted by molar-refractivity contribution is 0.122. The van der Waals surface area contributed by atoms with E-state index in [1.54, 1.807) is 6.21 Å². The molecule has 1 aromatic heterocycles. The van der Waals surface area contributed by atoms with Crippen molar-refractivity contribution in [1.82, 2.24) is 15.0 Å². The normalized spacial score (nSPS) is 13.5. The lowest BCUT2D eigenvalue weighted by atomic mass is 10.2. The van der Waals surface area contributed by atoms with Crippen LogP contribution in [-0.2, 0) is 11.3 Å². The predicted octanol–water partition coefficient (Wildman–Crippen LogP) is 5.13. The van der Waals surface area contributed by atoms with Crippen molar-refractivity contribution in [2.45, 2.75) is 6.61 Å². The summed E-state index contributed by atoms with van der Waals surface area (Å²) in [4.78, 5) is 15.7. The molecule has 0 spiro atoms. The Morgan fingerprint density at radius 2 is 1.70 bits per heavy atom. The lowest BCUT2D eigenvalue weighted by Crippen LogP contribution is -2.37. The molecule has 9 nitrogen and oxygen atoms in total. The van der Waals surface area contributed by atoms with Gasteiger partial charge in [-0.3, -0.25) is 0 Å². The van der Waals surface area contributed by atoms with Crippen LogP contribution in [0.2, 0.25) is 5.02 Å². The molecule has 1 aliphatic rings. The van der Waals surface area contributed by atoms with Gasteiger partial charge in [-0.05, 0) is 35.9 Å². The molecule has 0 saturated carbocycles. The maximum atomic E-state index is 6.23. The summed E-state index contributed by atoms with van der Waals surface area (Å²) in [5.74, 6) is 2.03. The summed E-state index contributed by atoms with van der Waals surface area (Å²) in [5.41, 5.74) is 5.60. The van der Waals surface area contributed by atoms with E-state index in [1.165, 1.54) is 0 Å². The van der Waals surface area contributed by atoms with E-state index in [2.05, 4.69) is 35.7 Å². The zero-order valence-corrected chi connectivity index (χ0v) is 20.8. The number of para-hydroxylation sites is 1. The van der Waals surface area contributed by atoms with Crippen molar-refractivity contribution in [1.29, 1.82) is 0 Å². The highest BCUT2D eigenvalue weighted by Gasteiger charge is 2.16. The van der Waals surface area contributed by atoms with E-state index in [0.29, 0.717) is 61.5 Å². The van der Waals surface area contributed by atoms with Crippen LogP contribution < -0.4 is 20.4 Å². The van der Waals surface area contributed by atoms with Crippen molar-refractivity contribution < 1.29 is 9.47 Å². The summed E-state index contributed by atoms with van der Waals surface area (Å²) in [6.45, 7) is 3.05. The van der Waals surface area contributed by atoms with E-state index in [4.69, 9.17) is 21.1 Å². The summed E-state index contributed by atoms with van der Waals surface area (Å²) in [6.07, 6.45) is 1.69. The van der Waals surface area contributed by atoms with Crippen LogP contribution in [-0.4, -0.2) is 47.5 Å². The number of morpholine rings is 1. The maximum Gasteiger partial charge on any atom is 0.250 e. The largest absolute Gasteiger partial charge is 0.489 e. The molecule has 2 N–H and O–H groups in total. The number of rotatable bonds is 9. The molecule has 3 aromatic carbocycles. The molecule has 0 atom stereocenters. The van der Waals surface area contributed by atoms with Crippen LogP contribution >= 0.6 is 11.6 Å². The summed E-state index contributed by atoms with van der Waals surface area (Å²) in [7, 11) is 0. The average molecular weight is 516 g/mol. The molecule has 0 unspecified atom stereocenters. The van der Waals surface area contributed by atoms with Crippen molar-refractivity contribution in [3.8, 4) is 5.75 Å². The van der Waals surface area contributed by atoms with Gasteiger partial charge in [0.05, 0.1) is 19.4 Å². The van der Waals surface area contributed by atoms with E-state index < -0.39 is 0 Å². The number of halogens is 1. The summed E-state index contributed by atoms with van der Waals surface area (Å²) in [5, 5.41) is 8.26. The minimum Gasteiger partial charge on any atom is -0.489 e. The second-order valence-corrected chi connectivity index (χ2v) is 8.60. The molecule has 4 aromatic rings. The Morgan fingerprint density at radius 1 is 0.919 bits per heavy atom. The fraction of sp³-hybridized carbons (Fsp3) is 0.185. The Balaban J connectivity index is 1.28. The van der Waals surface area contributed by atoms with Gasteiger partial charge in [0.15, 0.2) is 0 Å². The second kappa shape index (κ2) is 12.2. The third-order valence-electron chi connectivity index (χ3n) is 5.54. The Kier molecular flexibility index (Phi) is 8.04. The molecule has 0 bridgehead atoms. The summed E-state index contributed by atoms with van der Waals surface area (Å²) >= 11 is 6.23.